The lowest BCUT2D eigenvalue weighted by molar-refractivity contribution is -0.141. The topological polar surface area (TPSA) is 117 Å². The van der Waals surface area contributed by atoms with Gasteiger partial charge in [0.15, 0.2) is 6.10 Å². The number of hydrogen-bond acceptors (Lipinski definition) is 8. The van der Waals surface area contributed by atoms with Gasteiger partial charge in [-0.3, -0.25) is 4.79 Å². The number of aliphatic hydroxyl groups is 2. The van der Waals surface area contributed by atoms with E-state index < -0.39 is 36.9 Å². The lowest BCUT2D eigenvalue weighted by Crippen LogP contribution is -2.41. The summed E-state index contributed by atoms with van der Waals surface area (Å²) in [6.07, 6.45) is 2.87. The highest BCUT2D eigenvalue weighted by Crippen LogP contribution is 2.36. The van der Waals surface area contributed by atoms with Crippen LogP contribution in [-0.4, -0.2) is 81.7 Å². The van der Waals surface area contributed by atoms with Crippen LogP contribution < -0.4 is 10.8 Å². The molecule has 0 bridgehead atoms. The first-order chi connectivity index (χ1) is 13.1. The Balaban J connectivity index is 1.50. The fourth-order valence-corrected chi connectivity index (χ4v) is 3.25. The van der Waals surface area contributed by atoms with Crippen molar-refractivity contribution in [2.24, 2.45) is 5.92 Å². The zero-order chi connectivity index (χ0) is 20.5. The minimum absolute atomic E-state index is 0.237. The zero-order valence-corrected chi connectivity index (χ0v) is 16.9. The van der Waals surface area contributed by atoms with Crippen LogP contribution in [-0.2, 0) is 14.1 Å². The Morgan fingerprint density at radius 3 is 2.50 bits per heavy atom. The van der Waals surface area contributed by atoms with Gasteiger partial charge in [0, 0.05) is 37.5 Å². The van der Waals surface area contributed by atoms with Gasteiger partial charge in [-0.2, -0.15) is 0 Å². The molecule has 28 heavy (non-hydrogen) atoms. The van der Waals surface area contributed by atoms with Gasteiger partial charge >= 0.3 is 7.12 Å². The summed E-state index contributed by atoms with van der Waals surface area (Å²) in [6.45, 7) is 9.17. The van der Waals surface area contributed by atoms with Crippen molar-refractivity contribution >= 4 is 24.4 Å². The fraction of sp³-hybridized carbons (Fsp3) is 0.722. The standard InChI is InChI=1S/C18H29BN4O5/c1-17(2)18(3,4)28-19(27-17)13-8-21-16(22-9-13)20-7-12-5-6-23(10-12)15(26)14(25)11-24/h8-9,12,14,24-25H,5-7,10-11H2,1-4H3,(H,20,21,22)/t12-,14-/m0/s1. The first kappa shape index (κ1) is 21.0. The summed E-state index contributed by atoms with van der Waals surface area (Å²) in [5.41, 5.74) is -0.0617. The van der Waals surface area contributed by atoms with Crippen LogP contribution in [0.3, 0.4) is 0 Å². The van der Waals surface area contributed by atoms with Crippen LogP contribution in [0.1, 0.15) is 34.1 Å². The van der Waals surface area contributed by atoms with Crippen molar-refractivity contribution in [3.63, 3.8) is 0 Å². The average molecular weight is 392 g/mol. The van der Waals surface area contributed by atoms with E-state index in [9.17, 15) is 9.90 Å². The molecule has 154 valence electrons. The number of anilines is 1. The second-order valence-electron chi connectivity index (χ2n) is 8.45. The van der Waals surface area contributed by atoms with E-state index in [0.717, 1.165) is 11.9 Å². The molecule has 1 amide bonds. The Hall–Kier alpha value is -1.75. The van der Waals surface area contributed by atoms with E-state index in [0.29, 0.717) is 25.6 Å². The molecule has 3 heterocycles. The molecule has 2 aliphatic rings. The van der Waals surface area contributed by atoms with E-state index in [2.05, 4.69) is 15.3 Å². The van der Waals surface area contributed by atoms with Gasteiger partial charge in [0.25, 0.3) is 5.91 Å². The molecule has 1 aromatic heterocycles. The first-order valence-corrected chi connectivity index (χ1v) is 9.62. The van der Waals surface area contributed by atoms with Gasteiger partial charge < -0.3 is 29.7 Å². The summed E-state index contributed by atoms with van der Waals surface area (Å²) >= 11 is 0. The predicted octanol–water partition coefficient (Wildman–Crippen LogP) is -0.611. The van der Waals surface area contributed by atoms with Crippen LogP contribution in [0, 0.1) is 5.92 Å². The van der Waals surface area contributed by atoms with Crippen molar-refractivity contribution in [2.45, 2.75) is 51.4 Å². The number of carbonyl (C=O) groups is 1. The van der Waals surface area contributed by atoms with E-state index >= 15 is 0 Å². The summed E-state index contributed by atoms with van der Waals surface area (Å²) in [7, 11) is -0.494. The van der Waals surface area contributed by atoms with E-state index in [1.54, 1.807) is 17.3 Å². The van der Waals surface area contributed by atoms with E-state index in [1.165, 1.54) is 0 Å². The highest BCUT2D eigenvalue weighted by Gasteiger charge is 2.51. The molecular formula is C18H29BN4O5. The van der Waals surface area contributed by atoms with Gasteiger partial charge in [0.05, 0.1) is 17.8 Å². The molecule has 10 heteroatoms. The average Bonchev–Trinajstić information content (AvgIpc) is 3.21. The fourth-order valence-electron chi connectivity index (χ4n) is 3.25. The third kappa shape index (κ3) is 4.30. The second-order valence-corrected chi connectivity index (χ2v) is 8.45. The Labute approximate surface area is 165 Å². The number of aliphatic hydroxyl groups excluding tert-OH is 2. The Morgan fingerprint density at radius 2 is 1.93 bits per heavy atom. The summed E-state index contributed by atoms with van der Waals surface area (Å²) in [6, 6.07) is 0. The zero-order valence-electron chi connectivity index (χ0n) is 16.9. The van der Waals surface area contributed by atoms with Gasteiger partial charge in [-0.25, -0.2) is 9.97 Å². The van der Waals surface area contributed by atoms with Crippen molar-refractivity contribution in [3.8, 4) is 0 Å². The molecule has 2 aliphatic heterocycles. The van der Waals surface area contributed by atoms with E-state index in [-0.39, 0.29) is 5.92 Å². The van der Waals surface area contributed by atoms with Gasteiger partial charge in [-0.05, 0) is 40.0 Å². The quantitative estimate of drug-likeness (QED) is 0.549. The predicted molar refractivity (Wildman–Crippen MR) is 104 cm³/mol. The SMILES string of the molecule is CC1(C)OB(c2cnc(NC[C@@H]3CCN(C(=O)[C@@H](O)CO)C3)nc2)OC1(C)C. The molecule has 0 radical (unpaired) electrons. The maximum atomic E-state index is 11.9. The van der Waals surface area contributed by atoms with Crippen LogP contribution in [0.15, 0.2) is 12.4 Å². The number of amides is 1. The summed E-state index contributed by atoms with van der Waals surface area (Å²) in [5, 5.41) is 21.5. The van der Waals surface area contributed by atoms with Crippen LogP contribution in [0.2, 0.25) is 0 Å². The second kappa shape index (κ2) is 7.94. The largest absolute Gasteiger partial charge is 0.498 e. The lowest BCUT2D eigenvalue weighted by atomic mass is 9.81. The first-order valence-electron chi connectivity index (χ1n) is 9.62. The molecule has 0 spiro atoms. The molecule has 0 aromatic carbocycles. The van der Waals surface area contributed by atoms with E-state index in [4.69, 9.17) is 14.4 Å². The highest BCUT2D eigenvalue weighted by molar-refractivity contribution is 6.61. The summed E-state index contributed by atoms with van der Waals surface area (Å²) < 4.78 is 12.0. The number of rotatable bonds is 6. The number of likely N-dealkylation sites (tertiary alicyclic amines) is 1. The maximum Gasteiger partial charge on any atom is 0.498 e. The van der Waals surface area contributed by atoms with Crippen LogP contribution in [0.5, 0.6) is 0 Å². The third-order valence-electron chi connectivity index (χ3n) is 5.80. The molecule has 0 aliphatic carbocycles. The molecule has 2 atom stereocenters. The molecule has 0 unspecified atom stereocenters. The van der Waals surface area contributed by atoms with Crippen LogP contribution in [0.25, 0.3) is 0 Å². The van der Waals surface area contributed by atoms with Crippen molar-refractivity contribution in [1.82, 2.24) is 14.9 Å². The third-order valence-corrected chi connectivity index (χ3v) is 5.80. The van der Waals surface area contributed by atoms with Gasteiger partial charge in [0.2, 0.25) is 5.95 Å². The summed E-state index contributed by atoms with van der Waals surface area (Å²) in [5.74, 6) is 0.315. The molecule has 1 aromatic rings. The Bertz CT molecular complexity index is 684. The minimum atomic E-state index is -1.34. The molecule has 3 rings (SSSR count). The lowest BCUT2D eigenvalue weighted by Gasteiger charge is -2.32. The van der Waals surface area contributed by atoms with Crippen molar-refractivity contribution < 1.29 is 24.3 Å². The number of aromatic nitrogens is 2. The number of hydrogen-bond donors (Lipinski definition) is 3. The number of nitrogens with one attached hydrogen (secondary N) is 1. The van der Waals surface area contributed by atoms with Gasteiger partial charge in [-0.1, -0.05) is 0 Å². The highest BCUT2D eigenvalue weighted by atomic mass is 16.7. The summed E-state index contributed by atoms with van der Waals surface area (Å²) in [4.78, 5) is 22.2. The monoisotopic (exact) mass is 392 g/mol. The molecule has 0 saturated carbocycles. The van der Waals surface area contributed by atoms with Crippen molar-refractivity contribution in [2.75, 3.05) is 31.6 Å². The van der Waals surface area contributed by atoms with Gasteiger partial charge in [0.1, 0.15) is 0 Å². The van der Waals surface area contributed by atoms with Crippen molar-refractivity contribution in [1.29, 1.82) is 0 Å². The van der Waals surface area contributed by atoms with Crippen molar-refractivity contribution in [3.05, 3.63) is 12.4 Å². The Kier molecular flexibility index (Phi) is 5.95. The Morgan fingerprint density at radius 1 is 1.32 bits per heavy atom. The molecule has 2 fully saturated rings. The maximum absolute atomic E-state index is 11.9. The van der Waals surface area contributed by atoms with Crippen LogP contribution in [0.4, 0.5) is 5.95 Å². The molecular weight excluding hydrogens is 363 g/mol. The van der Waals surface area contributed by atoms with Crippen LogP contribution >= 0.6 is 0 Å². The number of nitrogens with zero attached hydrogens (tertiary/aromatic N) is 3. The number of carbonyl (C=O) groups excluding carboxylic acids is 1. The normalized spacial score (nSPS) is 24.4. The molecule has 3 N–H and O–H groups in total. The molecule has 2 saturated heterocycles. The van der Waals surface area contributed by atoms with Gasteiger partial charge in [-0.15, -0.1) is 0 Å². The van der Waals surface area contributed by atoms with E-state index in [1.807, 2.05) is 27.7 Å². The molecule has 9 nitrogen and oxygen atoms in total. The minimum Gasteiger partial charge on any atom is -0.399 e. The smallest absolute Gasteiger partial charge is 0.399 e.